The van der Waals surface area contributed by atoms with Gasteiger partial charge in [-0.1, -0.05) is 42.0 Å². The van der Waals surface area contributed by atoms with Gasteiger partial charge in [-0.25, -0.2) is 4.98 Å². The van der Waals surface area contributed by atoms with Crippen LogP contribution in [0, 0.1) is 4.64 Å². The van der Waals surface area contributed by atoms with Crippen LogP contribution in [-0.4, -0.2) is 9.97 Å². The summed E-state index contributed by atoms with van der Waals surface area (Å²) >= 11 is 13.1. The van der Waals surface area contributed by atoms with E-state index < -0.39 is 0 Å². The Bertz CT molecular complexity index is 745. The fourth-order valence-electron chi connectivity index (χ4n) is 1.76. The summed E-state index contributed by atoms with van der Waals surface area (Å²) in [6.07, 6.45) is 1.62. The van der Waals surface area contributed by atoms with Gasteiger partial charge in [0.2, 0.25) is 0 Å². The Morgan fingerprint density at radius 2 is 2.06 bits per heavy atom. The van der Waals surface area contributed by atoms with Crippen molar-refractivity contribution in [3.05, 3.63) is 45.6 Å². The van der Waals surface area contributed by atoms with Crippen LogP contribution in [0.3, 0.4) is 0 Å². The molecular weight excluding hydrogens is 272 g/mol. The molecule has 5 heteroatoms. The van der Waals surface area contributed by atoms with E-state index in [9.17, 15) is 0 Å². The van der Waals surface area contributed by atoms with Crippen molar-refractivity contribution in [1.29, 1.82) is 0 Å². The second-order valence-corrected chi connectivity index (χ2v) is 5.21. The molecule has 0 spiro atoms. The Labute approximate surface area is 112 Å². The van der Waals surface area contributed by atoms with Crippen LogP contribution in [0.5, 0.6) is 0 Å². The van der Waals surface area contributed by atoms with E-state index in [0.29, 0.717) is 4.64 Å². The van der Waals surface area contributed by atoms with Crippen LogP contribution >= 0.6 is 35.2 Å². The molecule has 0 aliphatic heterocycles. The lowest BCUT2D eigenvalue weighted by Crippen LogP contribution is -1.82. The first kappa shape index (κ1) is 10.9. The molecule has 0 saturated carbocycles. The number of hydrogen-bond acceptors (Lipinski definition) is 3. The van der Waals surface area contributed by atoms with Crippen molar-refractivity contribution in [2.75, 3.05) is 0 Å². The number of nitrogens with one attached hydrogen (secondary N) is 1. The number of aromatic nitrogens is 2. The fraction of sp³-hybridized carbons (Fsp3) is 0. The highest BCUT2D eigenvalue weighted by molar-refractivity contribution is 7.71. The van der Waals surface area contributed by atoms with Crippen LogP contribution < -0.4 is 0 Å². The average molecular weight is 279 g/mol. The number of rotatable bonds is 1. The first-order valence-electron chi connectivity index (χ1n) is 4.97. The van der Waals surface area contributed by atoms with Gasteiger partial charge in [0.15, 0.2) is 0 Å². The number of fused-ring (bicyclic) bond motifs is 1. The van der Waals surface area contributed by atoms with E-state index in [2.05, 4.69) is 9.97 Å². The lowest BCUT2D eigenvalue weighted by Gasteiger charge is -2.02. The summed E-state index contributed by atoms with van der Waals surface area (Å²) in [5.41, 5.74) is 2.04. The van der Waals surface area contributed by atoms with E-state index in [0.717, 1.165) is 26.4 Å². The molecule has 0 fully saturated rings. The zero-order valence-corrected chi connectivity index (χ0v) is 11.0. The van der Waals surface area contributed by atoms with Gasteiger partial charge in [-0.05, 0) is 6.07 Å². The van der Waals surface area contributed by atoms with Crippen LogP contribution in [0.1, 0.15) is 0 Å². The maximum Gasteiger partial charge on any atom is 0.128 e. The van der Waals surface area contributed by atoms with Crippen LogP contribution in [0.4, 0.5) is 0 Å². The van der Waals surface area contributed by atoms with Crippen molar-refractivity contribution in [3.63, 3.8) is 0 Å². The number of hydrogen-bond donors (Lipinski definition) is 1. The minimum absolute atomic E-state index is 0.700. The molecule has 17 heavy (non-hydrogen) atoms. The summed E-state index contributed by atoms with van der Waals surface area (Å²) in [6.45, 7) is 0. The molecule has 2 aromatic heterocycles. The molecule has 2 nitrogen and oxygen atoms in total. The molecular formula is C12H7ClN2S2. The molecule has 0 amide bonds. The quantitative estimate of drug-likeness (QED) is 0.655. The van der Waals surface area contributed by atoms with Gasteiger partial charge in [-0.2, -0.15) is 0 Å². The normalized spacial score (nSPS) is 10.9. The molecule has 0 unspecified atom stereocenters. The molecule has 0 atom stereocenters. The van der Waals surface area contributed by atoms with Crippen molar-refractivity contribution in [1.82, 2.24) is 9.97 Å². The van der Waals surface area contributed by atoms with Crippen molar-refractivity contribution < 1.29 is 0 Å². The molecule has 3 rings (SSSR count). The zero-order chi connectivity index (χ0) is 11.8. The second kappa shape index (κ2) is 4.22. The summed E-state index contributed by atoms with van der Waals surface area (Å²) in [5, 5.41) is 3.74. The lowest BCUT2D eigenvalue weighted by atomic mass is 10.1. The molecule has 0 aliphatic rings. The fourth-order valence-corrected chi connectivity index (χ4v) is 3.24. The standard InChI is InChI=1S/C12H7ClN2S2/c13-9-4-2-1-3-7(9)8-5-17-12-10(8)11(16)14-6-15-12/h1-6H,(H,14,15,16). The third-order valence-corrected chi connectivity index (χ3v) is 4.08. The predicted octanol–water partition coefficient (Wildman–Crippen LogP) is 4.67. The van der Waals surface area contributed by atoms with Gasteiger partial charge in [-0.15, -0.1) is 11.3 Å². The van der Waals surface area contributed by atoms with E-state index in [1.807, 2.05) is 29.6 Å². The van der Waals surface area contributed by atoms with Gasteiger partial charge in [0.05, 0.1) is 11.7 Å². The largest absolute Gasteiger partial charge is 0.337 e. The van der Waals surface area contributed by atoms with E-state index in [1.165, 1.54) is 0 Å². The minimum atomic E-state index is 0.700. The number of halogens is 1. The van der Waals surface area contributed by atoms with Crippen LogP contribution in [0.15, 0.2) is 36.0 Å². The Kier molecular flexibility index (Phi) is 2.70. The monoisotopic (exact) mass is 278 g/mol. The van der Waals surface area contributed by atoms with Gasteiger partial charge in [0, 0.05) is 21.5 Å². The molecule has 0 aliphatic carbocycles. The summed E-state index contributed by atoms with van der Waals surface area (Å²) in [6, 6.07) is 7.75. The van der Waals surface area contributed by atoms with E-state index in [-0.39, 0.29) is 0 Å². The molecule has 0 saturated heterocycles. The van der Waals surface area contributed by atoms with Crippen molar-refractivity contribution in [2.45, 2.75) is 0 Å². The Hall–Kier alpha value is -1.23. The number of aromatic amines is 1. The highest BCUT2D eigenvalue weighted by Crippen LogP contribution is 2.36. The minimum Gasteiger partial charge on any atom is -0.337 e. The van der Waals surface area contributed by atoms with Gasteiger partial charge < -0.3 is 4.98 Å². The highest BCUT2D eigenvalue weighted by atomic mass is 35.5. The van der Waals surface area contributed by atoms with Gasteiger partial charge in [0.25, 0.3) is 0 Å². The van der Waals surface area contributed by atoms with Gasteiger partial charge >= 0.3 is 0 Å². The van der Waals surface area contributed by atoms with E-state index in [1.54, 1.807) is 17.7 Å². The third-order valence-electron chi connectivity index (χ3n) is 2.54. The maximum atomic E-state index is 6.21. The van der Waals surface area contributed by atoms with E-state index in [4.69, 9.17) is 23.8 Å². The average Bonchev–Trinajstić information content (AvgIpc) is 2.75. The number of nitrogens with zero attached hydrogens (tertiary/aromatic N) is 1. The molecule has 0 bridgehead atoms. The van der Waals surface area contributed by atoms with Crippen molar-refractivity contribution in [2.24, 2.45) is 0 Å². The lowest BCUT2D eigenvalue weighted by molar-refractivity contribution is 1.22. The molecule has 3 aromatic rings. The highest BCUT2D eigenvalue weighted by Gasteiger charge is 2.11. The molecule has 1 N–H and O–H groups in total. The van der Waals surface area contributed by atoms with Crippen LogP contribution in [0.25, 0.3) is 21.3 Å². The zero-order valence-electron chi connectivity index (χ0n) is 8.61. The van der Waals surface area contributed by atoms with Crippen LogP contribution in [-0.2, 0) is 0 Å². The summed E-state index contributed by atoms with van der Waals surface area (Å²) < 4.78 is 0.700. The Morgan fingerprint density at radius 1 is 1.24 bits per heavy atom. The number of thiophene rings is 1. The van der Waals surface area contributed by atoms with Crippen molar-refractivity contribution >= 4 is 45.4 Å². The number of benzene rings is 1. The molecule has 2 heterocycles. The number of H-pyrrole nitrogens is 1. The molecule has 84 valence electrons. The summed E-state index contributed by atoms with van der Waals surface area (Å²) in [4.78, 5) is 8.16. The maximum absolute atomic E-state index is 6.21. The summed E-state index contributed by atoms with van der Waals surface area (Å²) in [5.74, 6) is 0. The molecule has 0 radical (unpaired) electrons. The van der Waals surface area contributed by atoms with Crippen molar-refractivity contribution in [3.8, 4) is 11.1 Å². The van der Waals surface area contributed by atoms with Gasteiger partial charge in [-0.3, -0.25) is 0 Å². The SMILES string of the molecule is S=c1[nH]cnc2scc(-c3ccccc3Cl)c12. The first-order valence-corrected chi connectivity index (χ1v) is 6.64. The second-order valence-electron chi connectivity index (χ2n) is 3.54. The Balaban J connectivity index is 2.40. The van der Waals surface area contributed by atoms with Crippen LogP contribution in [0.2, 0.25) is 5.02 Å². The summed E-state index contributed by atoms with van der Waals surface area (Å²) in [7, 11) is 0. The van der Waals surface area contributed by atoms with Gasteiger partial charge in [0.1, 0.15) is 9.47 Å². The topological polar surface area (TPSA) is 28.7 Å². The molecule has 1 aromatic carbocycles. The predicted molar refractivity (Wildman–Crippen MR) is 75.3 cm³/mol. The first-order chi connectivity index (χ1) is 8.27. The smallest absolute Gasteiger partial charge is 0.128 e. The Morgan fingerprint density at radius 3 is 2.88 bits per heavy atom. The van der Waals surface area contributed by atoms with E-state index >= 15 is 0 Å². The third kappa shape index (κ3) is 1.78.